The highest BCUT2D eigenvalue weighted by molar-refractivity contribution is 7.10. The highest BCUT2D eigenvalue weighted by Gasteiger charge is 2.02. The third-order valence-electron chi connectivity index (χ3n) is 1.61. The van der Waals surface area contributed by atoms with Crippen LogP contribution in [0.5, 0.6) is 0 Å². The van der Waals surface area contributed by atoms with Crippen molar-refractivity contribution < 1.29 is 0 Å². The van der Waals surface area contributed by atoms with Crippen LogP contribution in [0.4, 0.5) is 5.00 Å². The van der Waals surface area contributed by atoms with Crippen LogP contribution in [0.15, 0.2) is 6.07 Å². The van der Waals surface area contributed by atoms with Gasteiger partial charge in [-0.3, -0.25) is 0 Å². The standard InChI is InChI=1S/C7H13N3S/c1-3-10(2)7-4-6(5-8)9-11-7/h4H,3,5,8H2,1-2H3. The molecule has 3 nitrogen and oxygen atoms in total. The van der Waals surface area contributed by atoms with Gasteiger partial charge in [0.25, 0.3) is 0 Å². The Labute approximate surface area is 71.0 Å². The van der Waals surface area contributed by atoms with Gasteiger partial charge in [0.1, 0.15) is 5.00 Å². The van der Waals surface area contributed by atoms with Crippen molar-refractivity contribution in [3.8, 4) is 0 Å². The molecule has 0 radical (unpaired) electrons. The zero-order chi connectivity index (χ0) is 8.27. The van der Waals surface area contributed by atoms with E-state index < -0.39 is 0 Å². The minimum atomic E-state index is 0.536. The Bertz CT molecular complexity index is 221. The van der Waals surface area contributed by atoms with Gasteiger partial charge in [-0.25, -0.2) is 0 Å². The smallest absolute Gasteiger partial charge is 0.112 e. The van der Waals surface area contributed by atoms with E-state index in [1.54, 1.807) is 0 Å². The average molecular weight is 171 g/mol. The van der Waals surface area contributed by atoms with Gasteiger partial charge in [-0.15, -0.1) is 0 Å². The SMILES string of the molecule is CCN(C)c1cc(CN)ns1. The van der Waals surface area contributed by atoms with E-state index >= 15 is 0 Å². The fourth-order valence-electron chi connectivity index (χ4n) is 0.733. The highest BCUT2D eigenvalue weighted by atomic mass is 32.1. The summed E-state index contributed by atoms with van der Waals surface area (Å²) in [6.45, 7) is 3.65. The fourth-order valence-corrected chi connectivity index (χ4v) is 1.53. The molecule has 0 atom stereocenters. The second-order valence-corrected chi connectivity index (χ2v) is 3.16. The maximum absolute atomic E-state index is 5.43. The Morgan fingerprint density at radius 1 is 1.73 bits per heavy atom. The predicted molar refractivity (Wildman–Crippen MR) is 48.9 cm³/mol. The number of hydrogen-bond donors (Lipinski definition) is 1. The van der Waals surface area contributed by atoms with Crippen molar-refractivity contribution in [1.29, 1.82) is 0 Å². The lowest BCUT2D eigenvalue weighted by atomic mass is 10.4. The molecule has 0 saturated carbocycles. The third-order valence-corrected chi connectivity index (χ3v) is 2.55. The van der Waals surface area contributed by atoms with Gasteiger partial charge in [-0.05, 0) is 24.5 Å². The van der Waals surface area contributed by atoms with Gasteiger partial charge in [-0.2, -0.15) is 4.37 Å². The monoisotopic (exact) mass is 171 g/mol. The Kier molecular flexibility index (Phi) is 2.84. The molecular weight excluding hydrogens is 158 g/mol. The van der Waals surface area contributed by atoms with Gasteiger partial charge in [-0.1, -0.05) is 0 Å². The molecule has 0 aliphatic rings. The van der Waals surface area contributed by atoms with Crippen molar-refractivity contribution in [2.24, 2.45) is 5.73 Å². The number of hydrogen-bond acceptors (Lipinski definition) is 4. The van der Waals surface area contributed by atoms with Crippen molar-refractivity contribution in [2.45, 2.75) is 13.5 Å². The van der Waals surface area contributed by atoms with Crippen molar-refractivity contribution >= 4 is 16.5 Å². The first-order valence-corrected chi connectivity index (χ1v) is 4.42. The minimum absolute atomic E-state index is 0.536. The molecule has 62 valence electrons. The number of rotatable bonds is 3. The normalized spacial score (nSPS) is 10.1. The van der Waals surface area contributed by atoms with Gasteiger partial charge < -0.3 is 10.6 Å². The van der Waals surface area contributed by atoms with Crippen molar-refractivity contribution in [2.75, 3.05) is 18.5 Å². The average Bonchev–Trinajstić information content (AvgIpc) is 2.50. The summed E-state index contributed by atoms with van der Waals surface area (Å²) >= 11 is 1.50. The Hall–Kier alpha value is -0.610. The number of nitrogens with zero attached hydrogens (tertiary/aromatic N) is 2. The van der Waals surface area contributed by atoms with Crippen LogP contribution in [0, 0.1) is 0 Å². The summed E-state index contributed by atoms with van der Waals surface area (Å²) < 4.78 is 4.18. The summed E-state index contributed by atoms with van der Waals surface area (Å²) in [7, 11) is 2.05. The number of anilines is 1. The minimum Gasteiger partial charge on any atom is -0.366 e. The summed E-state index contributed by atoms with van der Waals surface area (Å²) in [6, 6.07) is 2.04. The molecule has 1 heterocycles. The number of nitrogens with two attached hydrogens (primary N) is 1. The second kappa shape index (κ2) is 3.69. The molecular formula is C7H13N3S. The molecule has 1 aromatic rings. The van der Waals surface area contributed by atoms with Crippen LogP contribution in [0.3, 0.4) is 0 Å². The Balaban J connectivity index is 2.71. The molecule has 0 fully saturated rings. The van der Waals surface area contributed by atoms with Crippen LogP contribution in [0.2, 0.25) is 0 Å². The van der Waals surface area contributed by atoms with Crippen LogP contribution < -0.4 is 10.6 Å². The third kappa shape index (κ3) is 1.91. The maximum Gasteiger partial charge on any atom is 0.112 e. The Morgan fingerprint density at radius 3 is 2.91 bits per heavy atom. The lowest BCUT2D eigenvalue weighted by molar-refractivity contribution is 0.976. The molecule has 0 aromatic carbocycles. The first-order valence-electron chi connectivity index (χ1n) is 3.64. The molecule has 0 aliphatic carbocycles. The van der Waals surface area contributed by atoms with Crippen LogP contribution in [0.1, 0.15) is 12.6 Å². The van der Waals surface area contributed by atoms with Crippen molar-refractivity contribution in [3.63, 3.8) is 0 Å². The van der Waals surface area contributed by atoms with Gasteiger partial charge in [0, 0.05) is 20.1 Å². The van der Waals surface area contributed by atoms with E-state index in [9.17, 15) is 0 Å². The molecule has 2 N–H and O–H groups in total. The summed E-state index contributed by atoms with van der Waals surface area (Å²) in [4.78, 5) is 2.15. The summed E-state index contributed by atoms with van der Waals surface area (Å²) in [5.74, 6) is 0. The van der Waals surface area contributed by atoms with E-state index in [0.29, 0.717) is 6.54 Å². The molecule has 0 amide bonds. The lowest BCUT2D eigenvalue weighted by Gasteiger charge is -2.11. The molecule has 0 bridgehead atoms. The van der Waals surface area contributed by atoms with Gasteiger partial charge in [0.2, 0.25) is 0 Å². The van der Waals surface area contributed by atoms with E-state index in [0.717, 1.165) is 12.2 Å². The summed E-state index contributed by atoms with van der Waals surface area (Å²) in [5, 5.41) is 1.19. The van der Waals surface area contributed by atoms with Crippen molar-refractivity contribution in [1.82, 2.24) is 4.37 Å². The maximum atomic E-state index is 5.43. The molecule has 11 heavy (non-hydrogen) atoms. The first-order chi connectivity index (χ1) is 5.27. The predicted octanol–water partition coefficient (Wildman–Crippen LogP) is 1.06. The zero-order valence-electron chi connectivity index (χ0n) is 6.87. The van der Waals surface area contributed by atoms with Gasteiger partial charge in [0.05, 0.1) is 5.69 Å². The molecule has 0 aliphatic heterocycles. The van der Waals surface area contributed by atoms with Crippen LogP contribution in [-0.4, -0.2) is 18.0 Å². The molecule has 0 saturated heterocycles. The molecule has 4 heteroatoms. The van der Waals surface area contributed by atoms with E-state index in [4.69, 9.17) is 5.73 Å². The number of aromatic nitrogens is 1. The first kappa shape index (κ1) is 8.49. The zero-order valence-corrected chi connectivity index (χ0v) is 7.69. The quantitative estimate of drug-likeness (QED) is 0.739. The van der Waals surface area contributed by atoms with E-state index in [-0.39, 0.29) is 0 Å². The largest absolute Gasteiger partial charge is 0.366 e. The van der Waals surface area contributed by atoms with Crippen LogP contribution in [0.25, 0.3) is 0 Å². The van der Waals surface area contributed by atoms with Crippen molar-refractivity contribution in [3.05, 3.63) is 11.8 Å². The lowest BCUT2D eigenvalue weighted by Crippen LogP contribution is -2.13. The second-order valence-electron chi connectivity index (χ2n) is 2.37. The molecule has 1 rings (SSSR count). The molecule has 0 spiro atoms. The van der Waals surface area contributed by atoms with Gasteiger partial charge >= 0.3 is 0 Å². The molecule has 0 unspecified atom stereocenters. The Morgan fingerprint density at radius 2 is 2.45 bits per heavy atom. The molecule has 1 aromatic heterocycles. The van der Waals surface area contributed by atoms with E-state index in [1.807, 2.05) is 13.1 Å². The highest BCUT2D eigenvalue weighted by Crippen LogP contribution is 2.19. The van der Waals surface area contributed by atoms with Crippen LogP contribution in [-0.2, 0) is 6.54 Å². The summed E-state index contributed by atoms with van der Waals surface area (Å²) in [6.07, 6.45) is 0. The van der Waals surface area contributed by atoms with E-state index in [1.165, 1.54) is 16.5 Å². The fraction of sp³-hybridized carbons (Fsp3) is 0.571. The topological polar surface area (TPSA) is 42.1 Å². The van der Waals surface area contributed by atoms with E-state index in [2.05, 4.69) is 16.2 Å². The summed E-state index contributed by atoms with van der Waals surface area (Å²) in [5.41, 5.74) is 6.41. The van der Waals surface area contributed by atoms with Crippen LogP contribution >= 0.6 is 11.5 Å². The van der Waals surface area contributed by atoms with Gasteiger partial charge in [0.15, 0.2) is 0 Å².